The topological polar surface area (TPSA) is 42.1 Å². The van der Waals surface area contributed by atoms with E-state index in [0.717, 1.165) is 22.2 Å². The number of hydrogen-bond acceptors (Lipinski definition) is 2. The van der Waals surface area contributed by atoms with Crippen molar-refractivity contribution in [2.24, 2.45) is 0 Å². The minimum absolute atomic E-state index is 0.00662. The lowest BCUT2D eigenvalue weighted by Gasteiger charge is -1.99. The van der Waals surface area contributed by atoms with Crippen molar-refractivity contribution in [3.05, 3.63) is 71.9 Å². The van der Waals surface area contributed by atoms with Gasteiger partial charge in [-0.3, -0.25) is 4.79 Å². The number of aromatic nitrogens is 1. The summed E-state index contributed by atoms with van der Waals surface area (Å²) in [5.41, 5.74) is 2.67. The Kier molecular flexibility index (Phi) is 3.56. The van der Waals surface area contributed by atoms with Crippen molar-refractivity contribution in [3.63, 3.8) is 0 Å². The molecule has 1 aromatic heterocycles. The van der Waals surface area contributed by atoms with Gasteiger partial charge in [-0.25, -0.2) is 0 Å². The molecular weight excluding hydrogens is 262 g/mol. The molecule has 21 heavy (non-hydrogen) atoms. The van der Waals surface area contributed by atoms with E-state index in [1.54, 1.807) is 13.2 Å². The molecule has 0 spiro atoms. The molecule has 0 fully saturated rings. The van der Waals surface area contributed by atoms with Gasteiger partial charge in [-0.2, -0.15) is 0 Å². The molecule has 0 radical (unpaired) electrons. The number of hydrogen-bond donors (Lipinski definition) is 1. The van der Waals surface area contributed by atoms with Crippen LogP contribution in [0.15, 0.2) is 60.8 Å². The average Bonchev–Trinajstić information content (AvgIpc) is 2.95. The van der Waals surface area contributed by atoms with Crippen LogP contribution < -0.4 is 4.74 Å². The first-order valence-electron chi connectivity index (χ1n) is 6.70. The van der Waals surface area contributed by atoms with Crippen LogP contribution in [0.4, 0.5) is 0 Å². The van der Waals surface area contributed by atoms with Gasteiger partial charge in [0.15, 0.2) is 5.78 Å². The zero-order valence-electron chi connectivity index (χ0n) is 11.7. The molecule has 0 saturated carbocycles. The normalized spacial score (nSPS) is 11.1. The summed E-state index contributed by atoms with van der Waals surface area (Å²) in [4.78, 5) is 15.3. The van der Waals surface area contributed by atoms with Crippen molar-refractivity contribution in [1.82, 2.24) is 4.98 Å². The molecule has 0 unspecified atom stereocenters. The minimum Gasteiger partial charge on any atom is -0.497 e. The van der Waals surface area contributed by atoms with Gasteiger partial charge in [-0.05, 0) is 30.4 Å². The Balaban J connectivity index is 1.91. The highest BCUT2D eigenvalue weighted by Crippen LogP contribution is 2.24. The lowest BCUT2D eigenvalue weighted by molar-refractivity contribution is 0.104. The number of fused-ring (bicyclic) bond motifs is 1. The third-order valence-corrected chi connectivity index (χ3v) is 3.39. The second-order valence-electron chi connectivity index (χ2n) is 4.72. The van der Waals surface area contributed by atoms with E-state index in [2.05, 4.69) is 4.98 Å². The van der Waals surface area contributed by atoms with Crippen LogP contribution in [0.5, 0.6) is 5.75 Å². The maximum atomic E-state index is 12.1. The Bertz CT molecular complexity index is 800. The van der Waals surface area contributed by atoms with Crippen molar-refractivity contribution < 1.29 is 9.53 Å². The highest BCUT2D eigenvalue weighted by atomic mass is 16.5. The first-order valence-corrected chi connectivity index (χ1v) is 6.70. The molecule has 0 aliphatic rings. The van der Waals surface area contributed by atoms with Crippen LogP contribution in [0, 0.1) is 0 Å². The van der Waals surface area contributed by atoms with Crippen molar-refractivity contribution in [1.29, 1.82) is 0 Å². The van der Waals surface area contributed by atoms with E-state index in [4.69, 9.17) is 4.74 Å². The van der Waals surface area contributed by atoms with Gasteiger partial charge in [0.05, 0.1) is 7.11 Å². The highest BCUT2D eigenvalue weighted by molar-refractivity contribution is 6.07. The second-order valence-corrected chi connectivity index (χ2v) is 4.72. The van der Waals surface area contributed by atoms with Crippen LogP contribution in [0.2, 0.25) is 0 Å². The van der Waals surface area contributed by atoms with E-state index in [0.29, 0.717) is 5.56 Å². The third kappa shape index (κ3) is 2.72. The number of carbonyl (C=O) groups excluding carboxylic acids is 1. The maximum Gasteiger partial charge on any atom is 0.185 e. The summed E-state index contributed by atoms with van der Waals surface area (Å²) in [5.74, 6) is 0.791. The van der Waals surface area contributed by atoms with E-state index >= 15 is 0 Å². The quantitative estimate of drug-likeness (QED) is 0.577. The van der Waals surface area contributed by atoms with Crippen LogP contribution in [-0.2, 0) is 0 Å². The van der Waals surface area contributed by atoms with E-state index in [-0.39, 0.29) is 5.78 Å². The van der Waals surface area contributed by atoms with Crippen LogP contribution in [0.25, 0.3) is 17.0 Å². The number of ether oxygens (including phenoxy) is 1. The van der Waals surface area contributed by atoms with Gasteiger partial charge < -0.3 is 9.72 Å². The third-order valence-electron chi connectivity index (χ3n) is 3.39. The molecule has 0 saturated heterocycles. The van der Waals surface area contributed by atoms with Crippen LogP contribution in [0.1, 0.15) is 15.9 Å². The number of carbonyl (C=O) groups is 1. The maximum absolute atomic E-state index is 12.1. The smallest absolute Gasteiger partial charge is 0.185 e. The fraction of sp³-hybridized carbons (Fsp3) is 0.0556. The summed E-state index contributed by atoms with van der Waals surface area (Å²) in [6.07, 6.45) is 5.31. The Morgan fingerprint density at radius 3 is 2.71 bits per heavy atom. The molecule has 3 nitrogen and oxygen atoms in total. The average molecular weight is 277 g/mol. The molecule has 3 rings (SSSR count). The minimum atomic E-state index is -0.00662. The monoisotopic (exact) mass is 277 g/mol. The number of aromatic amines is 1. The summed E-state index contributed by atoms with van der Waals surface area (Å²) < 4.78 is 5.24. The van der Waals surface area contributed by atoms with Crippen molar-refractivity contribution >= 4 is 22.8 Å². The summed E-state index contributed by atoms with van der Waals surface area (Å²) in [6, 6.07) is 15.1. The molecule has 1 N–H and O–H groups in total. The fourth-order valence-electron chi connectivity index (χ4n) is 2.25. The van der Waals surface area contributed by atoms with Crippen molar-refractivity contribution in [3.8, 4) is 5.75 Å². The predicted molar refractivity (Wildman–Crippen MR) is 84.7 cm³/mol. The second kappa shape index (κ2) is 5.67. The molecule has 0 amide bonds. The van der Waals surface area contributed by atoms with Gasteiger partial charge >= 0.3 is 0 Å². The molecule has 0 aliphatic heterocycles. The number of allylic oxidation sites excluding steroid dienone is 1. The van der Waals surface area contributed by atoms with Crippen LogP contribution >= 0.6 is 0 Å². The molecule has 2 aromatic carbocycles. The molecule has 1 heterocycles. The zero-order valence-corrected chi connectivity index (χ0v) is 11.7. The van der Waals surface area contributed by atoms with E-state index in [1.165, 1.54) is 0 Å². The van der Waals surface area contributed by atoms with Crippen LogP contribution in [-0.4, -0.2) is 17.9 Å². The van der Waals surface area contributed by atoms with Crippen LogP contribution in [0.3, 0.4) is 0 Å². The summed E-state index contributed by atoms with van der Waals surface area (Å²) in [6.45, 7) is 0. The lowest BCUT2D eigenvalue weighted by atomic mass is 10.1. The van der Waals surface area contributed by atoms with Gasteiger partial charge in [0.2, 0.25) is 0 Å². The van der Waals surface area contributed by atoms with Crippen molar-refractivity contribution in [2.75, 3.05) is 7.11 Å². The van der Waals surface area contributed by atoms with Gasteiger partial charge in [0, 0.05) is 28.2 Å². The SMILES string of the molecule is COc1ccc2[nH]cc(/C=C/C(=O)c3ccccc3)c2c1. The molecule has 104 valence electrons. The molecule has 3 heteroatoms. The number of rotatable bonds is 4. The molecular formula is C18H15NO2. The largest absolute Gasteiger partial charge is 0.497 e. The number of nitrogens with one attached hydrogen (secondary N) is 1. The summed E-state index contributed by atoms with van der Waals surface area (Å²) in [7, 11) is 1.64. The predicted octanol–water partition coefficient (Wildman–Crippen LogP) is 4.07. The van der Waals surface area contributed by atoms with E-state index in [9.17, 15) is 4.79 Å². The van der Waals surface area contributed by atoms with E-state index in [1.807, 2.05) is 60.8 Å². The Labute approximate surface area is 122 Å². The van der Waals surface area contributed by atoms with Crippen molar-refractivity contribution in [2.45, 2.75) is 0 Å². The fourth-order valence-corrected chi connectivity index (χ4v) is 2.25. The number of benzene rings is 2. The van der Waals surface area contributed by atoms with Gasteiger partial charge in [0.25, 0.3) is 0 Å². The number of H-pyrrole nitrogens is 1. The van der Waals surface area contributed by atoms with Gasteiger partial charge in [-0.15, -0.1) is 0 Å². The van der Waals surface area contributed by atoms with Gasteiger partial charge in [-0.1, -0.05) is 30.3 Å². The Hall–Kier alpha value is -2.81. The lowest BCUT2D eigenvalue weighted by Crippen LogP contribution is -1.92. The van der Waals surface area contributed by atoms with Gasteiger partial charge in [0.1, 0.15) is 5.75 Å². The molecule has 0 bridgehead atoms. The molecule has 0 aliphatic carbocycles. The summed E-state index contributed by atoms with van der Waals surface area (Å²) >= 11 is 0. The Morgan fingerprint density at radius 1 is 1.14 bits per heavy atom. The first-order chi connectivity index (χ1) is 10.3. The first kappa shape index (κ1) is 13.2. The Morgan fingerprint density at radius 2 is 1.95 bits per heavy atom. The van der Waals surface area contributed by atoms with E-state index < -0.39 is 0 Å². The standard InChI is InChI=1S/C18H15NO2/c1-21-15-8-9-17-16(11-15)14(12-19-17)7-10-18(20)13-5-3-2-4-6-13/h2-12,19H,1H3/b10-7+. The molecule has 3 aromatic rings. The highest BCUT2D eigenvalue weighted by Gasteiger charge is 2.04. The number of methoxy groups -OCH3 is 1. The molecule has 0 atom stereocenters. The number of ketones is 1. The zero-order chi connectivity index (χ0) is 14.7. The summed E-state index contributed by atoms with van der Waals surface area (Å²) in [5, 5.41) is 1.03.